The Balaban J connectivity index is 2.46. The number of hydrogen-bond acceptors (Lipinski definition) is 3. The van der Waals surface area contributed by atoms with Gasteiger partial charge in [0.05, 0.1) is 6.04 Å². The van der Waals surface area contributed by atoms with Gasteiger partial charge in [-0.2, -0.15) is 0 Å². The van der Waals surface area contributed by atoms with E-state index in [-0.39, 0.29) is 6.04 Å². The third-order valence-electron chi connectivity index (χ3n) is 3.62. The average Bonchev–Trinajstić information content (AvgIpc) is 2.88. The van der Waals surface area contributed by atoms with Crippen LogP contribution in [0, 0.1) is 20.8 Å². The number of imidazole rings is 1. The Bertz CT molecular complexity index is 554. The molecule has 19 heavy (non-hydrogen) atoms. The van der Waals surface area contributed by atoms with Crippen LogP contribution < -0.4 is 5.32 Å². The third kappa shape index (κ3) is 2.59. The van der Waals surface area contributed by atoms with Crippen molar-refractivity contribution < 1.29 is 4.42 Å². The molecule has 2 aromatic heterocycles. The first-order valence-electron chi connectivity index (χ1n) is 6.83. The van der Waals surface area contributed by atoms with E-state index < -0.39 is 0 Å². The molecule has 0 bridgehead atoms. The largest absolute Gasteiger partial charge is 0.466 e. The number of hydrogen-bond donors (Lipinski definition) is 1. The Kier molecular flexibility index (Phi) is 4.10. The van der Waals surface area contributed by atoms with Crippen LogP contribution in [0.1, 0.15) is 47.9 Å². The molecule has 0 radical (unpaired) electrons. The van der Waals surface area contributed by atoms with E-state index in [9.17, 15) is 0 Å². The van der Waals surface area contributed by atoms with Crippen molar-refractivity contribution in [3.8, 4) is 0 Å². The van der Waals surface area contributed by atoms with E-state index in [0.717, 1.165) is 30.3 Å². The Morgan fingerprint density at radius 3 is 2.53 bits per heavy atom. The fourth-order valence-electron chi connectivity index (χ4n) is 2.50. The maximum Gasteiger partial charge on any atom is 0.130 e. The molecular weight excluding hydrogens is 238 g/mol. The first-order chi connectivity index (χ1) is 9.06. The first-order valence-corrected chi connectivity index (χ1v) is 6.83. The molecule has 0 aromatic carbocycles. The van der Waals surface area contributed by atoms with E-state index in [0.29, 0.717) is 0 Å². The normalized spacial score (nSPS) is 12.9. The van der Waals surface area contributed by atoms with Crippen LogP contribution in [0.4, 0.5) is 0 Å². The highest BCUT2D eigenvalue weighted by Gasteiger charge is 2.24. The highest BCUT2D eigenvalue weighted by Crippen LogP contribution is 2.30. The second kappa shape index (κ2) is 5.61. The summed E-state index contributed by atoms with van der Waals surface area (Å²) >= 11 is 0. The van der Waals surface area contributed by atoms with Crippen LogP contribution in [0.25, 0.3) is 0 Å². The molecule has 4 nitrogen and oxygen atoms in total. The van der Waals surface area contributed by atoms with Gasteiger partial charge in [0.2, 0.25) is 0 Å². The highest BCUT2D eigenvalue weighted by atomic mass is 16.3. The minimum Gasteiger partial charge on any atom is -0.466 e. The van der Waals surface area contributed by atoms with Gasteiger partial charge in [-0.25, -0.2) is 4.98 Å². The summed E-state index contributed by atoms with van der Waals surface area (Å²) in [7, 11) is 2.03. The smallest absolute Gasteiger partial charge is 0.130 e. The van der Waals surface area contributed by atoms with Gasteiger partial charge in [-0.15, -0.1) is 0 Å². The summed E-state index contributed by atoms with van der Waals surface area (Å²) in [5, 5.41) is 3.58. The Labute approximate surface area is 114 Å². The van der Waals surface area contributed by atoms with Gasteiger partial charge < -0.3 is 14.3 Å². The first kappa shape index (κ1) is 13.9. The maximum atomic E-state index is 5.77. The van der Waals surface area contributed by atoms with Gasteiger partial charge in [0.25, 0.3) is 0 Å². The van der Waals surface area contributed by atoms with Crippen LogP contribution in [0.2, 0.25) is 0 Å². The van der Waals surface area contributed by atoms with Crippen molar-refractivity contribution >= 4 is 0 Å². The van der Waals surface area contributed by atoms with E-state index in [1.54, 1.807) is 0 Å². The molecule has 1 N–H and O–H groups in total. The van der Waals surface area contributed by atoms with Gasteiger partial charge in [-0.1, -0.05) is 6.92 Å². The third-order valence-corrected chi connectivity index (χ3v) is 3.62. The highest BCUT2D eigenvalue weighted by molar-refractivity contribution is 5.37. The molecular formula is C15H23N3O. The van der Waals surface area contributed by atoms with Crippen LogP contribution in [0.15, 0.2) is 16.8 Å². The van der Waals surface area contributed by atoms with Gasteiger partial charge in [-0.05, 0) is 39.3 Å². The molecule has 4 heteroatoms. The van der Waals surface area contributed by atoms with Crippen LogP contribution in [0.3, 0.4) is 0 Å². The molecule has 0 aliphatic heterocycles. The minimum atomic E-state index is 0.0948. The Morgan fingerprint density at radius 1 is 1.32 bits per heavy atom. The molecule has 0 aliphatic carbocycles. The zero-order chi connectivity index (χ0) is 14.0. The summed E-state index contributed by atoms with van der Waals surface area (Å²) in [6.45, 7) is 9.29. The second-order valence-electron chi connectivity index (χ2n) is 5.04. The maximum absolute atomic E-state index is 5.77. The lowest BCUT2D eigenvalue weighted by atomic mass is 10.0. The van der Waals surface area contributed by atoms with Crippen molar-refractivity contribution in [2.24, 2.45) is 7.05 Å². The number of nitrogens with one attached hydrogen (secondary N) is 1. The second-order valence-corrected chi connectivity index (χ2v) is 5.04. The predicted octanol–water partition coefficient (Wildman–Crippen LogP) is 3.03. The number of nitrogens with zero attached hydrogens (tertiary/aromatic N) is 2. The van der Waals surface area contributed by atoms with E-state index in [1.165, 1.54) is 11.1 Å². The fraction of sp³-hybridized carbons (Fsp3) is 0.533. The minimum absolute atomic E-state index is 0.0948. The van der Waals surface area contributed by atoms with E-state index in [4.69, 9.17) is 4.42 Å². The lowest BCUT2D eigenvalue weighted by molar-refractivity contribution is 0.488. The molecule has 0 aliphatic rings. The lowest BCUT2D eigenvalue weighted by Gasteiger charge is -2.19. The van der Waals surface area contributed by atoms with Crippen molar-refractivity contribution in [1.29, 1.82) is 0 Å². The van der Waals surface area contributed by atoms with Crippen LogP contribution in [-0.4, -0.2) is 16.1 Å². The molecule has 0 saturated heterocycles. The van der Waals surface area contributed by atoms with E-state index in [1.807, 2.05) is 33.3 Å². The van der Waals surface area contributed by atoms with Crippen molar-refractivity contribution in [1.82, 2.24) is 14.9 Å². The van der Waals surface area contributed by atoms with Crippen LogP contribution >= 0.6 is 0 Å². The fourth-order valence-corrected chi connectivity index (χ4v) is 2.50. The molecule has 2 rings (SSSR count). The SMILES string of the molecule is CCCNC(c1c(C)oc(C)c1C)c1nccn1C. The van der Waals surface area contributed by atoms with Crippen LogP contribution in [-0.2, 0) is 7.05 Å². The monoisotopic (exact) mass is 261 g/mol. The molecule has 2 aromatic rings. The van der Waals surface area contributed by atoms with Crippen molar-refractivity contribution in [3.63, 3.8) is 0 Å². The Hall–Kier alpha value is -1.55. The summed E-state index contributed by atoms with van der Waals surface area (Å²) < 4.78 is 7.83. The van der Waals surface area contributed by atoms with Gasteiger partial charge >= 0.3 is 0 Å². The molecule has 0 amide bonds. The van der Waals surface area contributed by atoms with Gasteiger partial charge in [0, 0.05) is 25.0 Å². The summed E-state index contributed by atoms with van der Waals surface area (Å²) in [6, 6.07) is 0.0948. The zero-order valence-corrected chi connectivity index (χ0v) is 12.4. The molecule has 0 saturated carbocycles. The number of rotatable bonds is 5. The van der Waals surface area contributed by atoms with E-state index >= 15 is 0 Å². The average molecular weight is 261 g/mol. The predicted molar refractivity (Wildman–Crippen MR) is 76.3 cm³/mol. The molecule has 1 atom stereocenters. The van der Waals surface area contributed by atoms with Crippen molar-refractivity contribution in [2.75, 3.05) is 6.54 Å². The Morgan fingerprint density at radius 2 is 2.05 bits per heavy atom. The van der Waals surface area contributed by atoms with Crippen molar-refractivity contribution in [2.45, 2.75) is 40.2 Å². The molecule has 2 heterocycles. The quantitative estimate of drug-likeness (QED) is 0.899. The molecule has 0 fully saturated rings. The zero-order valence-electron chi connectivity index (χ0n) is 12.4. The summed E-state index contributed by atoms with van der Waals surface area (Å²) in [5.74, 6) is 3.00. The number of aryl methyl sites for hydroxylation is 3. The standard InChI is InChI=1S/C15H23N3O/c1-6-7-16-14(15-17-8-9-18(15)5)13-10(2)11(3)19-12(13)4/h8-9,14,16H,6-7H2,1-5H3. The van der Waals surface area contributed by atoms with E-state index in [2.05, 4.69) is 28.7 Å². The summed E-state index contributed by atoms with van der Waals surface area (Å²) in [4.78, 5) is 4.50. The molecule has 0 spiro atoms. The summed E-state index contributed by atoms with van der Waals surface area (Å²) in [6.07, 6.45) is 4.91. The lowest BCUT2D eigenvalue weighted by Crippen LogP contribution is -2.26. The number of furan rings is 1. The number of aromatic nitrogens is 2. The topological polar surface area (TPSA) is 43.0 Å². The van der Waals surface area contributed by atoms with Gasteiger partial charge in [0.15, 0.2) is 0 Å². The molecule has 1 unspecified atom stereocenters. The van der Waals surface area contributed by atoms with Gasteiger partial charge in [-0.3, -0.25) is 0 Å². The van der Waals surface area contributed by atoms with Crippen LogP contribution in [0.5, 0.6) is 0 Å². The van der Waals surface area contributed by atoms with Crippen molar-refractivity contribution in [3.05, 3.63) is 40.9 Å². The summed E-state index contributed by atoms with van der Waals surface area (Å²) in [5.41, 5.74) is 2.44. The van der Waals surface area contributed by atoms with Gasteiger partial charge in [0.1, 0.15) is 17.3 Å². The molecule has 104 valence electrons.